The fourth-order valence-electron chi connectivity index (χ4n) is 3.64. The number of fused-ring (bicyclic) bond motifs is 15. The lowest BCUT2D eigenvalue weighted by Gasteiger charge is -2.25. The van der Waals surface area contributed by atoms with Crippen LogP contribution in [-0.4, -0.2) is 87.0 Å². The van der Waals surface area contributed by atoms with Crippen molar-refractivity contribution >= 4 is 23.9 Å². The second-order valence-electron chi connectivity index (χ2n) is 8.26. The molecule has 0 aromatic carbocycles. The van der Waals surface area contributed by atoms with Crippen molar-refractivity contribution in [1.29, 1.82) is 0 Å². The van der Waals surface area contributed by atoms with Crippen LogP contribution in [0.4, 0.5) is 0 Å². The highest BCUT2D eigenvalue weighted by Crippen LogP contribution is 2.14. The van der Waals surface area contributed by atoms with E-state index in [1.54, 1.807) is 0 Å². The summed E-state index contributed by atoms with van der Waals surface area (Å²) in [4.78, 5) is 23.8. The van der Waals surface area contributed by atoms with Gasteiger partial charge in [0.2, 0.25) is 0 Å². The molecule has 6 heteroatoms. The van der Waals surface area contributed by atoms with Crippen molar-refractivity contribution in [2.24, 2.45) is 20.0 Å². The largest absolute Gasteiger partial charge is 0.378 e. The van der Waals surface area contributed by atoms with Crippen LogP contribution < -0.4 is 0 Å². The molecule has 30 heavy (non-hydrogen) atoms. The van der Waals surface area contributed by atoms with E-state index in [-0.39, 0.29) is 0 Å². The Morgan fingerprint density at radius 3 is 1.43 bits per heavy atom. The molecule has 0 radical (unpaired) electrons. The van der Waals surface area contributed by atoms with Crippen molar-refractivity contribution in [2.45, 2.75) is 53.4 Å². The zero-order chi connectivity index (χ0) is 21.9. The van der Waals surface area contributed by atoms with Gasteiger partial charge < -0.3 is 9.80 Å². The number of allylic oxidation sites excluding steroid dienone is 4. The van der Waals surface area contributed by atoms with E-state index in [9.17, 15) is 0 Å². The number of nitrogens with zero attached hydrogens (tertiary/aromatic N) is 6. The Labute approximate surface area is 183 Å². The number of hydrogen-bond acceptors (Lipinski definition) is 6. The molecule has 0 aromatic heterocycles. The van der Waals surface area contributed by atoms with Crippen LogP contribution in [0.15, 0.2) is 42.5 Å². The minimum absolute atomic E-state index is 0.774. The maximum Gasteiger partial charge on any atom is 0.0422 e. The molecule has 3 aliphatic heterocycles. The average molecular weight is 413 g/mol. The van der Waals surface area contributed by atoms with Gasteiger partial charge in [-0.2, -0.15) is 0 Å². The smallest absolute Gasteiger partial charge is 0.0422 e. The van der Waals surface area contributed by atoms with Gasteiger partial charge in [-0.1, -0.05) is 0 Å². The molecule has 3 heterocycles. The Bertz CT molecular complexity index is 692. The number of rotatable bonds is 0. The van der Waals surface area contributed by atoms with Crippen LogP contribution in [0.2, 0.25) is 0 Å². The minimum atomic E-state index is 0.774. The van der Waals surface area contributed by atoms with Gasteiger partial charge in [-0.05, 0) is 53.4 Å². The van der Waals surface area contributed by atoms with Crippen LogP contribution in [-0.2, 0) is 0 Å². The third-order valence-corrected chi connectivity index (χ3v) is 5.97. The molecule has 0 unspecified atom stereocenters. The summed E-state index contributed by atoms with van der Waals surface area (Å²) in [6.07, 6.45) is 8.19. The van der Waals surface area contributed by atoms with E-state index in [0.717, 1.165) is 87.5 Å². The zero-order valence-electron chi connectivity index (χ0n) is 19.9. The normalized spacial score (nSPS) is 31.8. The maximum absolute atomic E-state index is 4.85. The monoisotopic (exact) mass is 412 g/mol. The summed E-state index contributed by atoms with van der Waals surface area (Å²) < 4.78 is 0. The van der Waals surface area contributed by atoms with Gasteiger partial charge in [-0.15, -0.1) is 0 Å². The Kier molecular flexibility index (Phi) is 9.98. The molecule has 0 aliphatic carbocycles. The molecule has 3 aliphatic rings. The first-order valence-corrected chi connectivity index (χ1v) is 11.3. The molecule has 3 rings (SSSR count). The van der Waals surface area contributed by atoms with E-state index in [2.05, 4.69) is 51.6 Å². The summed E-state index contributed by atoms with van der Waals surface area (Å²) in [5.41, 5.74) is 6.91. The van der Waals surface area contributed by atoms with Gasteiger partial charge in [0.25, 0.3) is 0 Å². The second kappa shape index (κ2) is 12.5. The van der Waals surface area contributed by atoms with E-state index in [1.807, 2.05) is 12.4 Å². The summed E-state index contributed by atoms with van der Waals surface area (Å²) in [5.74, 6) is 0. The summed E-state index contributed by atoms with van der Waals surface area (Å²) in [6, 6.07) is 0. The molecule has 0 saturated heterocycles. The minimum Gasteiger partial charge on any atom is -0.378 e. The van der Waals surface area contributed by atoms with Crippen molar-refractivity contribution < 1.29 is 0 Å². The van der Waals surface area contributed by atoms with Crippen LogP contribution in [0, 0.1) is 0 Å². The highest BCUT2D eigenvalue weighted by molar-refractivity contribution is 6.16. The van der Waals surface area contributed by atoms with E-state index in [4.69, 9.17) is 20.0 Å². The first kappa shape index (κ1) is 24.0. The molecule has 0 saturated carbocycles. The van der Waals surface area contributed by atoms with Gasteiger partial charge in [0.05, 0.1) is 0 Å². The van der Waals surface area contributed by atoms with Crippen molar-refractivity contribution in [3.8, 4) is 0 Å². The lowest BCUT2D eigenvalue weighted by molar-refractivity contribution is 0.362. The van der Waals surface area contributed by atoms with Crippen molar-refractivity contribution in [3.05, 3.63) is 22.5 Å². The quantitative estimate of drug-likeness (QED) is 0.603. The SMILES string of the molecule is C/C1=C2\C=N/CCC\N=C/C(=C(/C)N(C)CCCCN1C)C(/C)=N/CCC\N=C\2C. The Balaban J connectivity index is 2.49. The van der Waals surface area contributed by atoms with E-state index in [0.29, 0.717) is 0 Å². The number of hydrogen-bond donors (Lipinski definition) is 0. The molecule has 0 aromatic rings. The van der Waals surface area contributed by atoms with Crippen LogP contribution in [0.1, 0.15) is 53.4 Å². The molecule has 0 atom stereocenters. The summed E-state index contributed by atoms with van der Waals surface area (Å²) in [6.45, 7) is 13.8. The molecule has 0 spiro atoms. The highest BCUT2D eigenvalue weighted by Gasteiger charge is 2.12. The first-order valence-electron chi connectivity index (χ1n) is 11.3. The Hall–Kier alpha value is -2.24. The van der Waals surface area contributed by atoms with Gasteiger partial charge in [0, 0.05) is 99.8 Å². The van der Waals surface area contributed by atoms with E-state index >= 15 is 0 Å². The molecule has 2 bridgehead atoms. The summed E-state index contributed by atoms with van der Waals surface area (Å²) >= 11 is 0. The molecular formula is C24H40N6. The van der Waals surface area contributed by atoms with Gasteiger partial charge in [0.15, 0.2) is 0 Å². The van der Waals surface area contributed by atoms with E-state index in [1.165, 1.54) is 11.4 Å². The number of aliphatic imine (C=N–C) groups is 4. The molecule has 0 N–H and O–H groups in total. The average Bonchev–Trinajstić information content (AvgIpc) is 2.72. The predicted octanol–water partition coefficient (Wildman–Crippen LogP) is 4.05. The highest BCUT2D eigenvalue weighted by atomic mass is 15.1. The van der Waals surface area contributed by atoms with Gasteiger partial charge in [-0.25, -0.2) is 0 Å². The third kappa shape index (κ3) is 7.22. The van der Waals surface area contributed by atoms with Crippen LogP contribution >= 0.6 is 0 Å². The Morgan fingerprint density at radius 2 is 1.00 bits per heavy atom. The molecule has 6 nitrogen and oxygen atoms in total. The summed E-state index contributed by atoms with van der Waals surface area (Å²) in [7, 11) is 4.35. The second-order valence-corrected chi connectivity index (χ2v) is 8.26. The van der Waals surface area contributed by atoms with Crippen molar-refractivity contribution in [2.75, 3.05) is 53.4 Å². The first-order chi connectivity index (χ1) is 14.4. The van der Waals surface area contributed by atoms with Gasteiger partial charge in [-0.3, -0.25) is 20.0 Å². The molecule has 0 fully saturated rings. The topological polar surface area (TPSA) is 55.9 Å². The third-order valence-electron chi connectivity index (χ3n) is 5.97. The van der Waals surface area contributed by atoms with Crippen molar-refractivity contribution in [3.63, 3.8) is 0 Å². The fourth-order valence-corrected chi connectivity index (χ4v) is 3.64. The Morgan fingerprint density at radius 1 is 0.600 bits per heavy atom. The standard InChI is InChI=1S/C24H40N6/c1-19-23-17-25-11-9-12-26-18-24(20(2)28-14-10-13-27-19)22(4)30(6)16-8-7-15-29(5)21(23)3/h17-18H,7-16H2,1-6H3/b23-21-,24-22+,25-17-,26-18-,27-19+,28-20+. The van der Waals surface area contributed by atoms with E-state index < -0.39 is 0 Å². The fraction of sp³-hybridized carbons (Fsp3) is 0.667. The van der Waals surface area contributed by atoms with Crippen LogP contribution in [0.3, 0.4) is 0 Å². The zero-order valence-corrected chi connectivity index (χ0v) is 19.9. The predicted molar refractivity (Wildman–Crippen MR) is 132 cm³/mol. The molecule has 0 amide bonds. The van der Waals surface area contributed by atoms with Crippen LogP contribution in [0.25, 0.3) is 0 Å². The van der Waals surface area contributed by atoms with Crippen molar-refractivity contribution in [1.82, 2.24) is 9.80 Å². The lowest BCUT2D eigenvalue weighted by Crippen LogP contribution is -2.24. The summed E-state index contributed by atoms with van der Waals surface area (Å²) in [5, 5.41) is 0. The maximum atomic E-state index is 4.85. The van der Waals surface area contributed by atoms with Crippen LogP contribution in [0.5, 0.6) is 0 Å². The van der Waals surface area contributed by atoms with Gasteiger partial charge >= 0.3 is 0 Å². The lowest BCUT2D eigenvalue weighted by atomic mass is 10.1. The van der Waals surface area contributed by atoms with Gasteiger partial charge in [0.1, 0.15) is 0 Å². The molecule has 166 valence electrons. The molecular weight excluding hydrogens is 372 g/mol.